The van der Waals surface area contributed by atoms with Crippen LogP contribution < -0.4 is 0 Å². The van der Waals surface area contributed by atoms with Crippen molar-refractivity contribution in [2.75, 3.05) is 19.8 Å². The van der Waals surface area contributed by atoms with E-state index in [1.54, 1.807) is 0 Å². The molecule has 0 spiro atoms. The zero-order valence-electron chi connectivity index (χ0n) is 14.5. The lowest BCUT2D eigenvalue weighted by atomic mass is 9.90. The summed E-state index contributed by atoms with van der Waals surface area (Å²) in [6.07, 6.45) is 11.3. The molecule has 4 aliphatic rings. The van der Waals surface area contributed by atoms with E-state index in [0.717, 1.165) is 45.3 Å². The van der Waals surface area contributed by atoms with Crippen molar-refractivity contribution in [1.29, 1.82) is 0 Å². The number of carbonyl (C=O) groups excluding carboxylic acids is 1. The summed E-state index contributed by atoms with van der Waals surface area (Å²) in [7, 11) is 0. The first-order valence-corrected chi connectivity index (χ1v) is 9.82. The van der Waals surface area contributed by atoms with Crippen LogP contribution in [0.25, 0.3) is 0 Å². The largest absolute Gasteiger partial charge is 0.465 e. The average molecular weight is 338 g/mol. The highest BCUT2D eigenvalue weighted by atomic mass is 16.6. The Balaban J connectivity index is 0.975. The molecule has 136 valence electrons. The van der Waals surface area contributed by atoms with Crippen LogP contribution in [0.5, 0.6) is 0 Å². The minimum atomic E-state index is -0.0574. The Hall–Kier alpha value is -0.650. The molecule has 2 saturated carbocycles. The lowest BCUT2D eigenvalue weighted by Crippen LogP contribution is -2.20. The molecule has 0 aromatic carbocycles. The molecule has 0 radical (unpaired) electrons. The highest BCUT2D eigenvalue weighted by Gasteiger charge is 2.44. The second-order valence-electron chi connectivity index (χ2n) is 8.00. The van der Waals surface area contributed by atoms with Crippen molar-refractivity contribution < 1.29 is 23.7 Å². The lowest BCUT2D eigenvalue weighted by Gasteiger charge is -2.19. The van der Waals surface area contributed by atoms with E-state index in [1.807, 2.05) is 0 Å². The second kappa shape index (κ2) is 7.71. The summed E-state index contributed by atoms with van der Waals surface area (Å²) < 4.78 is 22.2. The molecule has 2 saturated heterocycles. The van der Waals surface area contributed by atoms with Crippen LogP contribution >= 0.6 is 0 Å². The predicted molar refractivity (Wildman–Crippen MR) is 87.6 cm³/mol. The van der Waals surface area contributed by atoms with Crippen molar-refractivity contribution in [2.24, 2.45) is 11.8 Å². The fraction of sp³-hybridized carbons (Fsp3) is 0.947. The average Bonchev–Trinajstić information content (AvgIpc) is 3.49. The van der Waals surface area contributed by atoms with Gasteiger partial charge in [0.1, 0.15) is 0 Å². The van der Waals surface area contributed by atoms with E-state index in [4.69, 9.17) is 18.9 Å². The molecular formula is C19H30O5. The van der Waals surface area contributed by atoms with Gasteiger partial charge in [-0.05, 0) is 63.2 Å². The van der Waals surface area contributed by atoms with Gasteiger partial charge in [-0.25, -0.2) is 0 Å². The van der Waals surface area contributed by atoms with Gasteiger partial charge >= 0.3 is 5.97 Å². The Morgan fingerprint density at radius 2 is 1.50 bits per heavy atom. The van der Waals surface area contributed by atoms with E-state index in [9.17, 15) is 4.79 Å². The molecule has 0 aromatic rings. The Morgan fingerprint density at radius 1 is 0.833 bits per heavy atom. The van der Waals surface area contributed by atoms with Crippen LogP contribution in [0, 0.1) is 11.8 Å². The van der Waals surface area contributed by atoms with Crippen LogP contribution in [0.1, 0.15) is 57.8 Å². The van der Waals surface area contributed by atoms with Gasteiger partial charge < -0.3 is 18.9 Å². The number of hydrogen-bond donors (Lipinski definition) is 0. The predicted octanol–water partition coefficient (Wildman–Crippen LogP) is 2.85. The fourth-order valence-corrected chi connectivity index (χ4v) is 4.28. The normalized spacial score (nSPS) is 39.7. The number of esters is 1. The number of fused-ring (bicyclic) bond motifs is 2. The van der Waals surface area contributed by atoms with Gasteiger partial charge in [-0.2, -0.15) is 0 Å². The third-order valence-electron chi connectivity index (χ3n) is 5.98. The van der Waals surface area contributed by atoms with E-state index in [-0.39, 0.29) is 5.97 Å². The Morgan fingerprint density at radius 3 is 2.17 bits per heavy atom. The molecule has 0 N–H and O–H groups in total. The topological polar surface area (TPSA) is 60.6 Å². The quantitative estimate of drug-likeness (QED) is 0.367. The van der Waals surface area contributed by atoms with Gasteiger partial charge in [0.25, 0.3) is 0 Å². The second-order valence-corrected chi connectivity index (χ2v) is 8.00. The molecule has 2 aliphatic heterocycles. The number of carbonyl (C=O) groups is 1. The number of hydrogen-bond acceptors (Lipinski definition) is 5. The Bertz CT molecular complexity index is 439. The van der Waals surface area contributed by atoms with Gasteiger partial charge in [0.2, 0.25) is 0 Å². The minimum absolute atomic E-state index is 0.0574. The maximum Gasteiger partial charge on any atom is 0.305 e. The molecule has 0 aromatic heterocycles. The number of epoxide rings is 2. The summed E-state index contributed by atoms with van der Waals surface area (Å²) in [6, 6.07) is 0. The molecule has 6 unspecified atom stereocenters. The van der Waals surface area contributed by atoms with Crippen LogP contribution in [0.15, 0.2) is 0 Å². The fourth-order valence-electron chi connectivity index (χ4n) is 4.28. The number of ether oxygens (including phenoxy) is 4. The first-order chi connectivity index (χ1) is 11.8. The third kappa shape index (κ3) is 4.70. The van der Waals surface area contributed by atoms with E-state index in [1.165, 1.54) is 19.3 Å². The summed E-state index contributed by atoms with van der Waals surface area (Å²) in [5, 5.41) is 0. The minimum Gasteiger partial charge on any atom is -0.465 e. The molecule has 6 atom stereocenters. The zero-order chi connectivity index (χ0) is 16.4. The van der Waals surface area contributed by atoms with Crippen LogP contribution in [0.2, 0.25) is 0 Å². The Labute approximate surface area is 144 Å². The van der Waals surface area contributed by atoms with Gasteiger partial charge in [-0.1, -0.05) is 0 Å². The SMILES string of the molecule is O=C(CCCCOCC1CCC2OC2C1)OCC1CCC2OC2C1. The zero-order valence-corrected chi connectivity index (χ0v) is 14.5. The van der Waals surface area contributed by atoms with Crippen molar-refractivity contribution in [3.05, 3.63) is 0 Å². The van der Waals surface area contributed by atoms with Gasteiger partial charge in [-0.3, -0.25) is 4.79 Å². The monoisotopic (exact) mass is 338 g/mol. The third-order valence-corrected chi connectivity index (χ3v) is 5.98. The highest BCUT2D eigenvalue weighted by Crippen LogP contribution is 2.40. The van der Waals surface area contributed by atoms with Crippen LogP contribution in [0.4, 0.5) is 0 Å². The first kappa shape index (κ1) is 16.8. The molecule has 0 amide bonds. The van der Waals surface area contributed by atoms with Crippen molar-refractivity contribution in [2.45, 2.75) is 82.2 Å². The smallest absolute Gasteiger partial charge is 0.305 e. The van der Waals surface area contributed by atoms with E-state index in [0.29, 0.717) is 49.3 Å². The molecule has 4 fully saturated rings. The van der Waals surface area contributed by atoms with Crippen molar-refractivity contribution >= 4 is 5.97 Å². The van der Waals surface area contributed by atoms with Crippen molar-refractivity contribution in [1.82, 2.24) is 0 Å². The van der Waals surface area contributed by atoms with Gasteiger partial charge in [0, 0.05) is 19.6 Å². The van der Waals surface area contributed by atoms with Crippen molar-refractivity contribution in [3.8, 4) is 0 Å². The molecule has 5 heteroatoms. The van der Waals surface area contributed by atoms with E-state index < -0.39 is 0 Å². The summed E-state index contributed by atoms with van der Waals surface area (Å²) in [5.41, 5.74) is 0. The van der Waals surface area contributed by atoms with Gasteiger partial charge in [-0.15, -0.1) is 0 Å². The van der Waals surface area contributed by atoms with E-state index in [2.05, 4.69) is 0 Å². The Kier molecular flexibility index (Phi) is 5.40. The summed E-state index contributed by atoms with van der Waals surface area (Å²) >= 11 is 0. The van der Waals surface area contributed by atoms with Gasteiger partial charge in [0.15, 0.2) is 0 Å². The molecule has 4 rings (SSSR count). The maximum absolute atomic E-state index is 11.8. The van der Waals surface area contributed by atoms with E-state index >= 15 is 0 Å². The summed E-state index contributed by atoms with van der Waals surface area (Å²) in [4.78, 5) is 11.8. The number of rotatable bonds is 9. The molecule has 0 bridgehead atoms. The summed E-state index contributed by atoms with van der Waals surface area (Å²) in [6.45, 7) is 2.18. The van der Waals surface area contributed by atoms with Crippen molar-refractivity contribution in [3.63, 3.8) is 0 Å². The number of unbranched alkanes of at least 4 members (excludes halogenated alkanes) is 1. The highest BCUT2D eigenvalue weighted by molar-refractivity contribution is 5.69. The molecule has 5 nitrogen and oxygen atoms in total. The van der Waals surface area contributed by atoms with Crippen LogP contribution in [-0.2, 0) is 23.7 Å². The van der Waals surface area contributed by atoms with Gasteiger partial charge in [0.05, 0.1) is 31.0 Å². The van der Waals surface area contributed by atoms with Crippen LogP contribution in [-0.4, -0.2) is 50.2 Å². The first-order valence-electron chi connectivity index (χ1n) is 9.82. The molecule has 2 heterocycles. The molecule has 24 heavy (non-hydrogen) atoms. The maximum atomic E-state index is 11.8. The molecule has 2 aliphatic carbocycles. The lowest BCUT2D eigenvalue weighted by molar-refractivity contribution is -0.145. The standard InChI is InChI=1S/C19H30O5/c20-19(22-12-14-5-7-16-18(10-14)24-16)3-1-2-8-21-11-13-4-6-15-17(9-13)23-15/h13-18H,1-12H2. The molecular weight excluding hydrogens is 308 g/mol. The summed E-state index contributed by atoms with van der Waals surface area (Å²) in [5.74, 6) is 1.12. The van der Waals surface area contributed by atoms with Crippen LogP contribution in [0.3, 0.4) is 0 Å².